The highest BCUT2D eigenvalue weighted by molar-refractivity contribution is 4.92. The molecule has 16 heavy (non-hydrogen) atoms. The summed E-state index contributed by atoms with van der Waals surface area (Å²) >= 11 is 0. The van der Waals surface area contributed by atoms with Gasteiger partial charge in [0.25, 0.3) is 0 Å². The first-order chi connectivity index (χ1) is 7.76. The topological polar surface area (TPSA) is 24.5 Å². The lowest BCUT2D eigenvalue weighted by Gasteiger charge is -2.41. The van der Waals surface area contributed by atoms with E-state index in [1.165, 1.54) is 32.2 Å². The Kier molecular flexibility index (Phi) is 4.22. The van der Waals surface area contributed by atoms with Gasteiger partial charge >= 0.3 is 0 Å². The number of methoxy groups -OCH3 is 1. The second kappa shape index (κ2) is 5.48. The van der Waals surface area contributed by atoms with E-state index in [1.807, 2.05) is 7.11 Å². The molecule has 94 valence electrons. The number of likely N-dealkylation sites (tertiary alicyclic amines) is 1. The van der Waals surface area contributed by atoms with Gasteiger partial charge in [-0.15, -0.1) is 0 Å². The van der Waals surface area contributed by atoms with Crippen molar-refractivity contribution in [1.29, 1.82) is 0 Å². The van der Waals surface area contributed by atoms with Crippen molar-refractivity contribution in [2.45, 2.75) is 50.8 Å². The first kappa shape index (κ1) is 12.3. The van der Waals surface area contributed by atoms with Gasteiger partial charge < -0.3 is 10.1 Å². The normalized spacial score (nSPS) is 41.4. The van der Waals surface area contributed by atoms with Crippen LogP contribution in [0.4, 0.5) is 0 Å². The number of nitrogens with zero attached hydrogens (tertiary/aromatic N) is 1. The van der Waals surface area contributed by atoms with Crippen LogP contribution in [0.1, 0.15) is 32.6 Å². The minimum Gasteiger partial charge on any atom is -0.380 e. The van der Waals surface area contributed by atoms with Crippen molar-refractivity contribution in [2.75, 3.05) is 27.2 Å². The van der Waals surface area contributed by atoms with Crippen LogP contribution < -0.4 is 5.32 Å². The molecule has 0 spiro atoms. The average molecular weight is 226 g/mol. The first-order valence-corrected chi connectivity index (χ1v) is 6.70. The summed E-state index contributed by atoms with van der Waals surface area (Å²) in [5.41, 5.74) is 0. The highest BCUT2D eigenvalue weighted by Gasteiger charge is 2.35. The Bertz CT molecular complexity index is 222. The molecule has 1 saturated carbocycles. The molecule has 1 N–H and O–H groups in total. The molecule has 0 aromatic heterocycles. The van der Waals surface area contributed by atoms with Crippen LogP contribution in [-0.2, 0) is 4.74 Å². The minimum atomic E-state index is 0.437. The minimum absolute atomic E-state index is 0.437. The van der Waals surface area contributed by atoms with Crippen LogP contribution in [0.2, 0.25) is 0 Å². The summed E-state index contributed by atoms with van der Waals surface area (Å²) in [5, 5.41) is 3.47. The number of ether oxygens (including phenoxy) is 1. The fourth-order valence-corrected chi connectivity index (χ4v) is 3.38. The zero-order chi connectivity index (χ0) is 11.5. The van der Waals surface area contributed by atoms with Gasteiger partial charge in [0.2, 0.25) is 0 Å². The zero-order valence-corrected chi connectivity index (χ0v) is 10.9. The molecule has 2 rings (SSSR count). The Morgan fingerprint density at radius 2 is 2.06 bits per heavy atom. The Morgan fingerprint density at radius 3 is 2.75 bits per heavy atom. The fraction of sp³-hybridized carbons (Fsp3) is 1.00. The van der Waals surface area contributed by atoms with Gasteiger partial charge in [0.15, 0.2) is 0 Å². The van der Waals surface area contributed by atoms with E-state index < -0.39 is 0 Å². The Morgan fingerprint density at radius 1 is 1.25 bits per heavy atom. The Labute approximate surface area is 99.5 Å². The van der Waals surface area contributed by atoms with Gasteiger partial charge in [-0.2, -0.15) is 0 Å². The van der Waals surface area contributed by atoms with E-state index in [0.717, 1.165) is 18.5 Å². The van der Waals surface area contributed by atoms with Gasteiger partial charge in [-0.1, -0.05) is 13.3 Å². The molecule has 1 aliphatic heterocycles. The third-order valence-electron chi connectivity index (χ3n) is 4.54. The quantitative estimate of drug-likeness (QED) is 0.789. The lowest BCUT2D eigenvalue weighted by Crippen LogP contribution is -2.53. The van der Waals surface area contributed by atoms with Gasteiger partial charge in [-0.3, -0.25) is 4.90 Å². The molecule has 0 aromatic carbocycles. The third-order valence-corrected chi connectivity index (χ3v) is 4.54. The third kappa shape index (κ3) is 2.41. The van der Waals surface area contributed by atoms with Gasteiger partial charge in [0.05, 0.1) is 6.10 Å². The van der Waals surface area contributed by atoms with Crippen LogP contribution in [0.15, 0.2) is 0 Å². The van der Waals surface area contributed by atoms with Gasteiger partial charge in [-0.05, 0) is 38.8 Å². The fourth-order valence-electron chi connectivity index (χ4n) is 3.38. The van der Waals surface area contributed by atoms with Crippen LogP contribution in [0.5, 0.6) is 0 Å². The van der Waals surface area contributed by atoms with Crippen LogP contribution in [0, 0.1) is 5.92 Å². The second-order valence-corrected chi connectivity index (χ2v) is 5.43. The standard InChI is InChI=1S/C13H26N2O/c1-10-7-8-15(9-13(10)16-3)12-6-4-5-11(12)14-2/h10-14H,4-9H2,1-3H3. The van der Waals surface area contributed by atoms with Crippen molar-refractivity contribution < 1.29 is 4.74 Å². The summed E-state index contributed by atoms with van der Waals surface area (Å²) in [4.78, 5) is 2.66. The Hall–Kier alpha value is -0.120. The summed E-state index contributed by atoms with van der Waals surface area (Å²) in [7, 11) is 3.96. The van der Waals surface area contributed by atoms with Crippen molar-refractivity contribution in [3.05, 3.63) is 0 Å². The lowest BCUT2D eigenvalue weighted by atomic mass is 9.94. The second-order valence-electron chi connectivity index (χ2n) is 5.43. The molecule has 1 aliphatic carbocycles. The molecule has 0 amide bonds. The number of rotatable bonds is 3. The van der Waals surface area contributed by atoms with Gasteiger partial charge in [0.1, 0.15) is 0 Å². The molecule has 3 nitrogen and oxygen atoms in total. The maximum Gasteiger partial charge on any atom is 0.0724 e. The van der Waals surface area contributed by atoms with Crippen molar-refractivity contribution in [1.82, 2.24) is 10.2 Å². The molecule has 4 unspecified atom stereocenters. The summed E-state index contributed by atoms with van der Waals surface area (Å²) < 4.78 is 5.60. The summed E-state index contributed by atoms with van der Waals surface area (Å²) in [6, 6.07) is 1.45. The number of hydrogen-bond donors (Lipinski definition) is 1. The Balaban J connectivity index is 1.94. The van der Waals surface area contributed by atoms with Crippen LogP contribution in [0.3, 0.4) is 0 Å². The molecule has 0 aromatic rings. The van der Waals surface area contributed by atoms with Crippen LogP contribution in [0.25, 0.3) is 0 Å². The molecule has 0 radical (unpaired) electrons. The smallest absolute Gasteiger partial charge is 0.0724 e. The van der Waals surface area contributed by atoms with E-state index in [1.54, 1.807) is 0 Å². The largest absolute Gasteiger partial charge is 0.380 e. The van der Waals surface area contributed by atoms with Crippen molar-refractivity contribution in [2.24, 2.45) is 5.92 Å². The predicted octanol–water partition coefficient (Wildman–Crippen LogP) is 1.48. The molecule has 0 bridgehead atoms. The van der Waals surface area contributed by atoms with Gasteiger partial charge in [-0.25, -0.2) is 0 Å². The highest BCUT2D eigenvalue weighted by atomic mass is 16.5. The summed E-state index contributed by atoms with van der Waals surface area (Å²) in [6.45, 7) is 4.69. The van der Waals surface area contributed by atoms with Crippen molar-refractivity contribution >= 4 is 0 Å². The molecule has 4 atom stereocenters. The molecular weight excluding hydrogens is 200 g/mol. The van der Waals surface area contributed by atoms with Crippen LogP contribution in [-0.4, -0.2) is 50.3 Å². The molecule has 1 saturated heterocycles. The van der Waals surface area contributed by atoms with E-state index in [-0.39, 0.29) is 0 Å². The van der Waals surface area contributed by atoms with E-state index in [9.17, 15) is 0 Å². The molecular formula is C13H26N2O. The number of nitrogens with one attached hydrogen (secondary N) is 1. The molecule has 2 aliphatic rings. The molecule has 1 heterocycles. The maximum atomic E-state index is 5.60. The lowest BCUT2D eigenvalue weighted by molar-refractivity contribution is -0.0212. The number of piperidine rings is 1. The van der Waals surface area contributed by atoms with E-state index in [2.05, 4.69) is 24.2 Å². The zero-order valence-electron chi connectivity index (χ0n) is 10.9. The monoisotopic (exact) mass is 226 g/mol. The number of likely N-dealkylation sites (N-methyl/N-ethyl adjacent to an activating group) is 1. The molecule has 3 heteroatoms. The SMILES string of the molecule is CNC1CCCC1N1CCC(C)C(OC)C1. The van der Waals surface area contributed by atoms with Crippen molar-refractivity contribution in [3.8, 4) is 0 Å². The number of hydrogen-bond acceptors (Lipinski definition) is 3. The van der Waals surface area contributed by atoms with Gasteiger partial charge in [0, 0.05) is 25.7 Å². The summed E-state index contributed by atoms with van der Waals surface area (Å²) in [5.74, 6) is 0.718. The van der Waals surface area contributed by atoms with E-state index in [4.69, 9.17) is 4.74 Å². The highest BCUT2D eigenvalue weighted by Crippen LogP contribution is 2.29. The first-order valence-electron chi connectivity index (χ1n) is 6.70. The van der Waals surface area contributed by atoms with Crippen molar-refractivity contribution in [3.63, 3.8) is 0 Å². The van der Waals surface area contributed by atoms with E-state index in [0.29, 0.717) is 12.1 Å². The van der Waals surface area contributed by atoms with E-state index >= 15 is 0 Å². The average Bonchev–Trinajstić information content (AvgIpc) is 2.78. The van der Waals surface area contributed by atoms with Crippen LogP contribution >= 0.6 is 0 Å². The summed E-state index contributed by atoms with van der Waals surface area (Å²) in [6.07, 6.45) is 5.79. The predicted molar refractivity (Wildman–Crippen MR) is 66.6 cm³/mol. The molecule has 2 fully saturated rings. The maximum absolute atomic E-state index is 5.60.